The Kier molecular flexibility index (Phi) is 7.28. The topological polar surface area (TPSA) is 62.5 Å². The van der Waals surface area contributed by atoms with E-state index in [9.17, 15) is 5.26 Å². The summed E-state index contributed by atoms with van der Waals surface area (Å²) in [5.74, 6) is 3.64. The molecule has 4 aliphatic rings. The van der Waals surface area contributed by atoms with Gasteiger partial charge >= 0.3 is 0 Å². The lowest BCUT2D eigenvalue weighted by Crippen LogP contribution is -2.55. The molecule has 0 amide bonds. The Bertz CT molecular complexity index is 2150. The highest BCUT2D eigenvalue weighted by Crippen LogP contribution is 2.66. The Hall–Kier alpha value is -5.40. The average Bonchev–Trinajstić information content (AvgIpc) is 3.15. The van der Waals surface area contributed by atoms with Gasteiger partial charge < -0.3 is 0 Å². The van der Waals surface area contributed by atoms with Crippen molar-refractivity contribution in [3.8, 4) is 51.4 Å². The number of aromatic nitrogens is 3. The molecule has 244 valence electrons. The van der Waals surface area contributed by atoms with Gasteiger partial charge in [-0.25, -0.2) is 15.0 Å². The highest BCUT2D eigenvalue weighted by Gasteiger charge is 2.58. The standard InChI is InChI=1S/C46H40N4/c1-30-3-9-37(10-4-30)42-48-43(38-11-5-31(2)6-12-38)50-44(49-42)39-17-21-41(22-18-39)46-26-33-23-34(27-46)25-45(24-33,29-46)40-19-15-36(16-20-40)35-13-7-32(28-47)8-14-35/h3-22,33-34H,23-27,29H2,1-2H3. The van der Waals surface area contributed by atoms with E-state index in [-0.39, 0.29) is 10.8 Å². The predicted octanol–water partition coefficient (Wildman–Crippen LogP) is 10.8. The lowest BCUT2D eigenvalue weighted by Gasteiger charge is -2.63. The van der Waals surface area contributed by atoms with E-state index < -0.39 is 0 Å². The van der Waals surface area contributed by atoms with E-state index in [1.165, 1.54) is 66.3 Å². The molecule has 4 saturated carbocycles. The molecule has 4 heteroatoms. The summed E-state index contributed by atoms with van der Waals surface area (Å²) in [6, 6.07) is 45.6. The van der Waals surface area contributed by atoms with E-state index >= 15 is 0 Å². The largest absolute Gasteiger partial charge is 0.208 e. The zero-order chi connectivity index (χ0) is 33.9. The number of hydrogen-bond donors (Lipinski definition) is 0. The van der Waals surface area contributed by atoms with Crippen LogP contribution in [0.25, 0.3) is 45.3 Å². The lowest BCUT2D eigenvalue weighted by molar-refractivity contribution is -0.0281. The summed E-state index contributed by atoms with van der Waals surface area (Å²) in [4.78, 5) is 15.0. The molecule has 1 heterocycles. The summed E-state index contributed by atoms with van der Waals surface area (Å²) in [6.45, 7) is 4.20. The van der Waals surface area contributed by atoms with Crippen molar-refractivity contribution in [2.75, 3.05) is 0 Å². The van der Waals surface area contributed by atoms with Crippen LogP contribution >= 0.6 is 0 Å². The Labute approximate surface area is 294 Å². The minimum Gasteiger partial charge on any atom is -0.208 e. The van der Waals surface area contributed by atoms with Crippen LogP contribution in [0.1, 0.15) is 66.3 Å². The molecule has 0 N–H and O–H groups in total. The van der Waals surface area contributed by atoms with Gasteiger partial charge in [-0.05, 0) is 109 Å². The molecule has 1 aromatic heterocycles. The summed E-state index contributed by atoms with van der Waals surface area (Å²) < 4.78 is 0. The second kappa shape index (κ2) is 11.9. The van der Waals surface area contributed by atoms with Gasteiger partial charge in [0.1, 0.15) is 0 Å². The van der Waals surface area contributed by atoms with Crippen LogP contribution in [0.15, 0.2) is 121 Å². The molecule has 4 fully saturated rings. The van der Waals surface area contributed by atoms with Crippen LogP contribution in [0.5, 0.6) is 0 Å². The second-order valence-corrected chi connectivity index (χ2v) is 15.4. The van der Waals surface area contributed by atoms with Gasteiger partial charge in [0.05, 0.1) is 11.6 Å². The molecule has 2 unspecified atom stereocenters. The molecule has 0 saturated heterocycles. The first-order valence-corrected chi connectivity index (χ1v) is 18.0. The van der Waals surface area contributed by atoms with E-state index in [2.05, 4.69) is 129 Å². The van der Waals surface area contributed by atoms with Crippen molar-refractivity contribution in [2.45, 2.75) is 63.2 Å². The zero-order valence-corrected chi connectivity index (χ0v) is 28.7. The average molecular weight is 649 g/mol. The third kappa shape index (κ3) is 5.42. The smallest absolute Gasteiger partial charge is 0.164 e. The van der Waals surface area contributed by atoms with Crippen molar-refractivity contribution in [1.82, 2.24) is 15.0 Å². The van der Waals surface area contributed by atoms with Crippen LogP contribution in [0.4, 0.5) is 0 Å². The molecule has 0 spiro atoms. The van der Waals surface area contributed by atoms with Crippen LogP contribution in [0.3, 0.4) is 0 Å². The third-order valence-electron chi connectivity index (χ3n) is 11.9. The lowest BCUT2D eigenvalue weighted by atomic mass is 9.41. The Balaban J connectivity index is 1.04. The van der Waals surface area contributed by atoms with Crippen LogP contribution in [0.2, 0.25) is 0 Å². The second-order valence-electron chi connectivity index (χ2n) is 15.4. The zero-order valence-electron chi connectivity index (χ0n) is 28.7. The Morgan fingerprint density at radius 3 is 1.20 bits per heavy atom. The van der Waals surface area contributed by atoms with Crippen molar-refractivity contribution in [3.63, 3.8) is 0 Å². The van der Waals surface area contributed by atoms with Crippen LogP contribution in [0, 0.1) is 37.0 Å². The van der Waals surface area contributed by atoms with Gasteiger partial charge in [0.15, 0.2) is 17.5 Å². The van der Waals surface area contributed by atoms with Crippen molar-refractivity contribution in [1.29, 1.82) is 5.26 Å². The number of hydrogen-bond acceptors (Lipinski definition) is 4. The van der Waals surface area contributed by atoms with Gasteiger partial charge in [-0.3, -0.25) is 0 Å². The molecule has 4 aliphatic carbocycles. The molecular formula is C46H40N4. The number of aryl methyl sites for hydroxylation is 2. The van der Waals surface area contributed by atoms with Gasteiger partial charge in [-0.15, -0.1) is 0 Å². The molecule has 6 aromatic rings. The number of nitriles is 1. The van der Waals surface area contributed by atoms with Gasteiger partial charge in [0, 0.05) is 16.7 Å². The van der Waals surface area contributed by atoms with Crippen LogP contribution in [-0.4, -0.2) is 15.0 Å². The minimum absolute atomic E-state index is 0.202. The van der Waals surface area contributed by atoms with Crippen molar-refractivity contribution in [3.05, 3.63) is 149 Å². The molecule has 0 radical (unpaired) electrons. The Morgan fingerprint density at radius 2 is 0.820 bits per heavy atom. The summed E-state index contributed by atoms with van der Waals surface area (Å²) in [7, 11) is 0. The highest BCUT2D eigenvalue weighted by molar-refractivity contribution is 5.67. The third-order valence-corrected chi connectivity index (χ3v) is 11.9. The number of benzene rings is 5. The molecule has 0 aliphatic heterocycles. The summed E-state index contributed by atoms with van der Waals surface area (Å²) >= 11 is 0. The normalized spacial score (nSPS) is 23.5. The molecular weight excluding hydrogens is 609 g/mol. The monoisotopic (exact) mass is 648 g/mol. The van der Waals surface area contributed by atoms with E-state index in [4.69, 9.17) is 15.0 Å². The SMILES string of the molecule is Cc1ccc(-c2nc(-c3ccc(C)cc3)nc(-c3ccc(C45CC6CC(CC(c7ccc(-c8ccc(C#N)cc8)cc7)(C6)C4)C5)cc3)n2)cc1. The van der Waals surface area contributed by atoms with Crippen molar-refractivity contribution in [2.24, 2.45) is 11.8 Å². The molecule has 10 rings (SSSR count). The quantitative estimate of drug-likeness (QED) is 0.180. The first-order valence-electron chi connectivity index (χ1n) is 18.0. The molecule has 4 nitrogen and oxygen atoms in total. The maximum atomic E-state index is 9.21. The maximum absolute atomic E-state index is 9.21. The van der Waals surface area contributed by atoms with Gasteiger partial charge in [0.25, 0.3) is 0 Å². The van der Waals surface area contributed by atoms with Crippen molar-refractivity contribution >= 4 is 0 Å². The van der Waals surface area contributed by atoms with Crippen LogP contribution < -0.4 is 0 Å². The fraction of sp³-hybridized carbons (Fsp3) is 0.261. The maximum Gasteiger partial charge on any atom is 0.164 e. The van der Waals surface area contributed by atoms with E-state index in [1.54, 1.807) is 0 Å². The highest BCUT2D eigenvalue weighted by atomic mass is 15.0. The Morgan fingerprint density at radius 1 is 0.480 bits per heavy atom. The van der Waals surface area contributed by atoms with Gasteiger partial charge in [-0.2, -0.15) is 5.26 Å². The van der Waals surface area contributed by atoms with Gasteiger partial charge in [-0.1, -0.05) is 120 Å². The number of nitrogens with zero attached hydrogens (tertiary/aromatic N) is 4. The summed E-state index contributed by atoms with van der Waals surface area (Å²) in [6.07, 6.45) is 7.76. The predicted molar refractivity (Wildman–Crippen MR) is 200 cm³/mol. The minimum atomic E-state index is 0.202. The summed E-state index contributed by atoms with van der Waals surface area (Å²) in [5, 5.41) is 9.21. The first kappa shape index (κ1) is 30.6. The molecule has 2 atom stereocenters. The van der Waals surface area contributed by atoms with Crippen LogP contribution in [-0.2, 0) is 10.8 Å². The first-order chi connectivity index (χ1) is 24.4. The molecule has 4 bridgehead atoms. The van der Waals surface area contributed by atoms with Gasteiger partial charge in [0.2, 0.25) is 0 Å². The summed E-state index contributed by atoms with van der Waals surface area (Å²) in [5.41, 5.74) is 11.9. The molecule has 50 heavy (non-hydrogen) atoms. The van der Waals surface area contributed by atoms with E-state index in [0.717, 1.165) is 34.1 Å². The number of rotatable bonds is 6. The van der Waals surface area contributed by atoms with E-state index in [1.807, 2.05) is 12.1 Å². The van der Waals surface area contributed by atoms with Crippen molar-refractivity contribution < 1.29 is 0 Å². The van der Waals surface area contributed by atoms with E-state index in [0.29, 0.717) is 23.0 Å². The fourth-order valence-corrected chi connectivity index (χ4v) is 9.83. The molecule has 5 aromatic carbocycles. The fourth-order valence-electron chi connectivity index (χ4n) is 9.83.